The summed E-state index contributed by atoms with van der Waals surface area (Å²) >= 11 is 0. The van der Waals surface area contributed by atoms with Crippen molar-refractivity contribution in [1.29, 1.82) is 0 Å². The molecule has 0 radical (unpaired) electrons. The summed E-state index contributed by atoms with van der Waals surface area (Å²) in [7, 11) is 0. The molecule has 0 bridgehead atoms. The zero-order chi connectivity index (χ0) is 66.4. The lowest BCUT2D eigenvalue weighted by Crippen LogP contribution is -2.38. The van der Waals surface area contributed by atoms with Crippen LogP contribution in [0.4, 0.5) is 22.8 Å². The van der Waals surface area contributed by atoms with Gasteiger partial charge in [-0.05, 0) is 127 Å². The minimum absolute atomic E-state index is 0. The number of aromatic nitrogens is 2. The summed E-state index contributed by atoms with van der Waals surface area (Å²) < 4.78 is 135. The summed E-state index contributed by atoms with van der Waals surface area (Å²) in [4.78, 5) is 96.7. The van der Waals surface area contributed by atoms with Gasteiger partial charge in [0.1, 0.15) is 17.5 Å². The van der Waals surface area contributed by atoms with Crippen LogP contribution in [-0.4, -0.2) is 65.8 Å². The number of hydrogen-bond acceptors (Lipinski definition) is 12. The lowest BCUT2D eigenvalue weighted by molar-refractivity contribution is -0.137. The van der Waals surface area contributed by atoms with Gasteiger partial charge < -0.3 is 30.2 Å². The first-order chi connectivity index (χ1) is 40.4. The molecular weight excluding hydrogens is 918 g/mol. The summed E-state index contributed by atoms with van der Waals surface area (Å²) in [6.45, 7) is 12.6. The Morgan fingerprint density at radius 1 is 0.700 bits per heavy atom. The van der Waals surface area contributed by atoms with Crippen LogP contribution in [0.15, 0.2) is 62.4 Å². The number of urea groups is 1. The fraction of sp³-hybridized carbons (Fsp3) is 0.360. The summed E-state index contributed by atoms with van der Waals surface area (Å²) in [5.74, 6) is -2.79. The number of isocyanates is 1. The largest absolute Gasteiger partial charge is 0.462 e. The lowest BCUT2D eigenvalue weighted by atomic mass is 9.98. The number of carbonyl (C=O) groups excluding carboxylic acids is 6. The maximum atomic E-state index is 13.9. The third kappa shape index (κ3) is 14.1. The number of nitrogens with zero attached hydrogens (tertiary/aromatic N) is 1. The highest BCUT2D eigenvalue weighted by molar-refractivity contribution is 6.20. The molecule has 1 aromatic heterocycles. The number of allylic oxidation sites excluding steroid dienone is 2. The van der Waals surface area contributed by atoms with Crippen LogP contribution >= 0.6 is 0 Å². The molecule has 396 valence electrons. The molecule has 6 N–H and O–H groups in total. The molecule has 3 aromatic carbocycles. The average molecular weight is 1020 g/mol. The normalized spacial score (nSPS) is 12.8. The predicted octanol–water partition coefficient (Wildman–Crippen LogP) is 9.79. The summed E-state index contributed by atoms with van der Waals surface area (Å²) in [6, 6.07) is 7.63. The molecular formula is C50H79F3N6O11. The number of H-pyrrole nitrogens is 2. The first-order valence-corrected chi connectivity index (χ1v) is 21.6. The van der Waals surface area contributed by atoms with Crippen molar-refractivity contribution in [3.63, 3.8) is 0 Å². The van der Waals surface area contributed by atoms with Crippen LogP contribution in [0, 0.1) is 17.5 Å². The van der Waals surface area contributed by atoms with Gasteiger partial charge in [0, 0.05) is 69.9 Å². The van der Waals surface area contributed by atoms with Crippen LogP contribution in [0.2, 0.25) is 0 Å². The molecule has 4 aromatic rings. The van der Waals surface area contributed by atoms with Crippen molar-refractivity contribution in [3.8, 4) is 11.1 Å². The number of aliphatic imine (C=N–C) groups is 1. The second kappa shape index (κ2) is 26.6. The van der Waals surface area contributed by atoms with E-state index < -0.39 is 47.0 Å². The number of aromatic amines is 2. The minimum Gasteiger partial charge on any atom is -0.462 e. The summed E-state index contributed by atoms with van der Waals surface area (Å²) in [5, 5.41) is 4.58. The van der Waals surface area contributed by atoms with Crippen molar-refractivity contribution in [3.05, 3.63) is 136 Å². The van der Waals surface area contributed by atoms with E-state index in [4.69, 9.17) is 39.0 Å². The van der Waals surface area contributed by atoms with E-state index in [2.05, 4.69) is 30.3 Å². The number of halogens is 3. The average Bonchev–Trinajstić information content (AvgIpc) is 2.29. The van der Waals surface area contributed by atoms with Gasteiger partial charge in [-0.2, -0.15) is 0 Å². The number of ether oxygens (including phenoxy) is 3. The van der Waals surface area contributed by atoms with Gasteiger partial charge in [0.2, 0.25) is 12.0 Å². The predicted molar refractivity (Wildman–Crippen MR) is 278 cm³/mol. The Bertz CT molecular complexity index is 2940. The Morgan fingerprint density at radius 3 is 1.63 bits per heavy atom. The van der Waals surface area contributed by atoms with E-state index >= 15 is 0 Å². The second-order valence-corrected chi connectivity index (χ2v) is 14.9. The van der Waals surface area contributed by atoms with Crippen molar-refractivity contribution in [2.45, 2.75) is 102 Å². The number of rotatable bonds is 9. The Balaban J connectivity index is -0.000000127. The van der Waals surface area contributed by atoms with E-state index in [0.29, 0.717) is 77.0 Å². The zero-order valence-corrected chi connectivity index (χ0v) is 38.5. The van der Waals surface area contributed by atoms with Gasteiger partial charge >= 0.3 is 29.8 Å². The standard InChI is InChI=1S/C17H19FN2O4.C14H16FNO2.C13H11FN2O2.C4H5NO3.2CH4.10H2/c1-4-10-6-11(18)7-13-12(10)8-14(15(13)16(22)24-5-2)20-17(23)19-9(3)21;1-3-8-5-9(15)6-11-10(8)7-12(16)13(11)14(17)18-4-2;1-2-6-3-7(14)4-9-8(6)5-10-11(9)12(17)16-13(18)15-10;1-2-8-4(7)5-3-6;;;;;;;;;;;;/h6-7H,4-5,8H2,1-3H3,(H2,19,20,21,23);5-6H,3-4,7,16H2,1-2H3;3-4H,2,5H2,1H3,(H2,15,16,17,18);2H2,1H3;2*1H4;10*1H/i;;;;;;8*1+1D;2*1+1. The monoisotopic (exact) mass is 1010 g/mol. The fourth-order valence-electron chi connectivity index (χ4n) is 7.84. The van der Waals surface area contributed by atoms with Crippen LogP contribution in [-0.2, 0) is 71.9 Å². The Morgan fingerprint density at radius 2 is 1.16 bits per heavy atom. The third-order valence-corrected chi connectivity index (χ3v) is 10.5. The maximum absolute atomic E-state index is 13.9. The molecule has 3 aliphatic carbocycles. The lowest BCUT2D eigenvalue weighted by Gasteiger charge is -2.09. The van der Waals surface area contributed by atoms with E-state index in [9.17, 15) is 51.5 Å². The quantitative estimate of drug-likeness (QED) is 0.0400. The zero-order valence-electron chi connectivity index (χ0n) is 54.5. The minimum atomic E-state index is -0.887. The molecule has 7 rings (SSSR count). The van der Waals surface area contributed by atoms with E-state index in [0.717, 1.165) is 39.5 Å². The van der Waals surface area contributed by atoms with Gasteiger partial charge in [-0.25, -0.2) is 41.9 Å². The number of fused-ring (bicyclic) bond motifs is 5. The van der Waals surface area contributed by atoms with Gasteiger partial charge in [0.15, 0.2) is 0 Å². The molecule has 70 heavy (non-hydrogen) atoms. The van der Waals surface area contributed by atoms with Crippen molar-refractivity contribution in [1.82, 2.24) is 20.6 Å². The molecule has 1 heterocycles. The van der Waals surface area contributed by atoms with Crippen LogP contribution < -0.4 is 27.6 Å². The highest BCUT2D eigenvalue weighted by Gasteiger charge is 2.32. The van der Waals surface area contributed by atoms with Crippen LogP contribution in [0.5, 0.6) is 0 Å². The van der Waals surface area contributed by atoms with Crippen molar-refractivity contribution in [2.75, 3.05) is 19.8 Å². The van der Waals surface area contributed by atoms with E-state index in [1.807, 2.05) is 20.8 Å². The first-order valence-electron chi connectivity index (χ1n) is 29.6. The Hall–Kier alpha value is -7.86. The summed E-state index contributed by atoms with van der Waals surface area (Å²) in [6.07, 6.45) is 3.39. The molecule has 4 amide bonds. The smallest absolute Gasteiger partial charge is 0.444 e. The Kier molecular flexibility index (Phi) is 17.5. The van der Waals surface area contributed by atoms with E-state index in [1.165, 1.54) is 43.3 Å². The molecule has 20 heteroatoms. The highest BCUT2D eigenvalue weighted by Crippen LogP contribution is 2.38. The molecule has 0 atom stereocenters. The van der Waals surface area contributed by atoms with E-state index in [-0.39, 0.29) is 61.2 Å². The molecule has 0 aliphatic heterocycles. The second-order valence-electron chi connectivity index (χ2n) is 14.9. The molecule has 0 saturated carbocycles. The van der Waals surface area contributed by atoms with Gasteiger partial charge in [0.25, 0.3) is 5.56 Å². The fourth-order valence-corrected chi connectivity index (χ4v) is 7.84. The number of nitrogens with two attached hydrogens (primary N) is 1. The van der Waals surface area contributed by atoms with Gasteiger partial charge in [-0.15, -0.1) is 0 Å². The topological polar surface area (TPSA) is 258 Å². The molecule has 17 nitrogen and oxygen atoms in total. The molecule has 0 spiro atoms. The van der Waals surface area contributed by atoms with Gasteiger partial charge in [-0.1, -0.05) is 40.6 Å². The number of amides is 4. The number of imide groups is 1. The third-order valence-electron chi connectivity index (χ3n) is 10.5. The SMILES string of the molecule is C.C.CCOC(=O)C1=C(N)Cc2c(CC)cc(F)cc21.CCOC(=O)C1=C(NC(=O)NC(C)=O)Cc2c(CC)cc(F)cc21.CCOC(=O)N=C=O.CCc1cc(F)cc2c1Cc1[nH]c(=O)[nH]c(=O)c1-2.[2HH].[2HH].[2H][2H].[2H][2H].[2H][2H].[2H][2H].[2H][2H].[2H][2H].[2H][2H].[2H][2H]. The number of carbonyl (C=O) groups is 5. The van der Waals surface area contributed by atoms with Gasteiger partial charge in [-0.3, -0.25) is 19.9 Å². The number of hydrogen-bond donors (Lipinski definition) is 5. The molecule has 0 saturated heterocycles. The van der Waals surface area contributed by atoms with Gasteiger partial charge in [0.05, 0.1) is 36.5 Å². The van der Waals surface area contributed by atoms with Crippen LogP contribution in [0.25, 0.3) is 22.3 Å². The summed E-state index contributed by atoms with van der Waals surface area (Å²) in [5.41, 5.74) is 13.9. The maximum Gasteiger partial charge on any atom is 0.444 e. The number of aryl methyl sites for hydroxylation is 3. The van der Waals surface area contributed by atoms with Crippen molar-refractivity contribution in [2.24, 2.45) is 10.7 Å². The van der Waals surface area contributed by atoms with Crippen molar-refractivity contribution >= 4 is 47.2 Å². The molecule has 3 aliphatic rings. The van der Waals surface area contributed by atoms with Crippen molar-refractivity contribution < 1.29 is 82.8 Å². The van der Waals surface area contributed by atoms with Crippen LogP contribution in [0.1, 0.15) is 140 Å². The van der Waals surface area contributed by atoms with Crippen LogP contribution in [0.3, 0.4) is 0 Å². The number of esters is 2. The van der Waals surface area contributed by atoms with E-state index in [1.54, 1.807) is 20.8 Å². The Labute approximate surface area is 430 Å². The molecule has 0 unspecified atom stereocenters. The number of benzene rings is 3. The molecule has 0 fully saturated rings. The first kappa shape index (κ1) is 45.9. The number of nitrogens with one attached hydrogen (secondary N) is 4. The highest BCUT2D eigenvalue weighted by atomic mass is 19.1.